The number of rotatable bonds is 4. The molecular formula is C20H23NO3. The van der Waals surface area contributed by atoms with E-state index in [-0.39, 0.29) is 5.91 Å². The molecule has 2 aromatic carbocycles. The summed E-state index contributed by atoms with van der Waals surface area (Å²) >= 11 is 0. The van der Waals surface area contributed by atoms with Gasteiger partial charge in [-0.1, -0.05) is 37.3 Å². The lowest BCUT2D eigenvalue weighted by Crippen LogP contribution is -2.28. The molecule has 1 aliphatic rings. The first kappa shape index (κ1) is 16.4. The molecule has 2 unspecified atom stereocenters. The number of carbonyl (C=O) groups is 1. The minimum absolute atomic E-state index is 0.0428. The quantitative estimate of drug-likeness (QED) is 0.862. The van der Waals surface area contributed by atoms with Crippen LogP contribution in [0.25, 0.3) is 0 Å². The van der Waals surface area contributed by atoms with Crippen LogP contribution in [-0.2, 0) is 0 Å². The summed E-state index contributed by atoms with van der Waals surface area (Å²) in [5.41, 5.74) is 1.93. The minimum atomic E-state index is 0.0428. The summed E-state index contributed by atoms with van der Waals surface area (Å²) in [5.74, 6) is 2.08. The molecule has 1 aliphatic heterocycles. The molecule has 126 valence electrons. The second-order valence-electron chi connectivity index (χ2n) is 6.27. The smallest absolute Gasteiger partial charge is 0.254 e. The third-order valence-corrected chi connectivity index (χ3v) is 4.76. The summed E-state index contributed by atoms with van der Waals surface area (Å²) in [7, 11) is 3.17. The van der Waals surface area contributed by atoms with Crippen molar-refractivity contribution in [3.8, 4) is 11.5 Å². The first-order chi connectivity index (χ1) is 11.6. The SMILES string of the molecule is COc1ccc(C(=O)N2CC(C)C(c3ccccc3)C2)cc1OC. The average Bonchev–Trinajstić information content (AvgIpc) is 3.03. The predicted octanol–water partition coefficient (Wildman–Crippen LogP) is 3.58. The number of nitrogens with zero attached hydrogens (tertiary/aromatic N) is 1. The van der Waals surface area contributed by atoms with Crippen LogP contribution in [0.2, 0.25) is 0 Å². The molecule has 1 heterocycles. The molecule has 0 spiro atoms. The van der Waals surface area contributed by atoms with E-state index < -0.39 is 0 Å². The number of ether oxygens (including phenoxy) is 2. The number of carbonyl (C=O) groups excluding carboxylic acids is 1. The van der Waals surface area contributed by atoms with Gasteiger partial charge in [0.15, 0.2) is 11.5 Å². The third kappa shape index (κ3) is 3.09. The van der Waals surface area contributed by atoms with E-state index in [1.54, 1.807) is 32.4 Å². The molecule has 0 bridgehead atoms. The van der Waals surface area contributed by atoms with Gasteiger partial charge in [-0.25, -0.2) is 0 Å². The Balaban J connectivity index is 1.79. The minimum Gasteiger partial charge on any atom is -0.493 e. The van der Waals surface area contributed by atoms with Crippen molar-refractivity contribution in [2.75, 3.05) is 27.3 Å². The van der Waals surface area contributed by atoms with Crippen LogP contribution in [0.15, 0.2) is 48.5 Å². The van der Waals surface area contributed by atoms with Crippen molar-refractivity contribution >= 4 is 5.91 Å². The molecular weight excluding hydrogens is 302 g/mol. The molecule has 0 aliphatic carbocycles. The van der Waals surface area contributed by atoms with Crippen LogP contribution in [0, 0.1) is 5.92 Å². The molecule has 0 radical (unpaired) electrons. The zero-order valence-electron chi connectivity index (χ0n) is 14.4. The standard InChI is InChI=1S/C20H23NO3/c1-14-12-21(13-17(14)15-7-5-4-6-8-15)20(22)16-9-10-18(23-2)19(11-16)24-3/h4-11,14,17H,12-13H2,1-3H3. The highest BCUT2D eigenvalue weighted by Crippen LogP contribution is 2.34. The van der Waals surface area contributed by atoms with Gasteiger partial charge in [0.05, 0.1) is 14.2 Å². The number of hydrogen-bond acceptors (Lipinski definition) is 3. The number of likely N-dealkylation sites (tertiary alicyclic amines) is 1. The molecule has 1 saturated heterocycles. The largest absolute Gasteiger partial charge is 0.493 e. The maximum absolute atomic E-state index is 12.9. The molecule has 4 nitrogen and oxygen atoms in total. The summed E-state index contributed by atoms with van der Waals surface area (Å²) in [6, 6.07) is 15.8. The second-order valence-corrected chi connectivity index (χ2v) is 6.27. The predicted molar refractivity (Wildman–Crippen MR) is 93.8 cm³/mol. The summed E-state index contributed by atoms with van der Waals surface area (Å²) in [4.78, 5) is 14.8. The fourth-order valence-corrected chi connectivity index (χ4v) is 3.42. The van der Waals surface area contributed by atoms with Gasteiger partial charge < -0.3 is 14.4 Å². The third-order valence-electron chi connectivity index (χ3n) is 4.76. The van der Waals surface area contributed by atoms with Gasteiger partial charge in [-0.15, -0.1) is 0 Å². The summed E-state index contributed by atoms with van der Waals surface area (Å²) in [5, 5.41) is 0. The van der Waals surface area contributed by atoms with E-state index in [1.165, 1.54) is 5.56 Å². The van der Waals surface area contributed by atoms with Gasteiger partial charge >= 0.3 is 0 Å². The lowest BCUT2D eigenvalue weighted by Gasteiger charge is -2.18. The summed E-state index contributed by atoms with van der Waals surface area (Å²) in [6.45, 7) is 3.73. The Morgan fingerprint density at radius 3 is 2.38 bits per heavy atom. The summed E-state index contributed by atoms with van der Waals surface area (Å²) < 4.78 is 10.5. The molecule has 2 aromatic rings. The van der Waals surface area contributed by atoms with Crippen LogP contribution in [0.4, 0.5) is 0 Å². The zero-order valence-corrected chi connectivity index (χ0v) is 14.4. The van der Waals surface area contributed by atoms with Gasteiger partial charge in [0, 0.05) is 24.6 Å². The van der Waals surface area contributed by atoms with Gasteiger partial charge in [0.1, 0.15) is 0 Å². The number of benzene rings is 2. The fourth-order valence-electron chi connectivity index (χ4n) is 3.42. The number of methoxy groups -OCH3 is 2. The number of hydrogen-bond donors (Lipinski definition) is 0. The van der Waals surface area contributed by atoms with Crippen LogP contribution < -0.4 is 9.47 Å². The van der Waals surface area contributed by atoms with Crippen LogP contribution in [0.3, 0.4) is 0 Å². The van der Waals surface area contributed by atoms with E-state index in [9.17, 15) is 4.79 Å². The van der Waals surface area contributed by atoms with E-state index in [1.807, 2.05) is 11.0 Å². The van der Waals surface area contributed by atoms with Crippen LogP contribution in [0.5, 0.6) is 11.5 Å². The zero-order chi connectivity index (χ0) is 17.1. The molecule has 3 rings (SSSR count). The topological polar surface area (TPSA) is 38.8 Å². The normalized spacial score (nSPS) is 20.0. The highest BCUT2D eigenvalue weighted by atomic mass is 16.5. The maximum atomic E-state index is 12.9. The Kier molecular flexibility index (Phi) is 4.74. The Bertz CT molecular complexity index is 714. The van der Waals surface area contributed by atoms with Crippen molar-refractivity contribution in [1.29, 1.82) is 0 Å². The van der Waals surface area contributed by atoms with Crippen molar-refractivity contribution in [2.24, 2.45) is 5.92 Å². The van der Waals surface area contributed by atoms with Crippen LogP contribution >= 0.6 is 0 Å². The first-order valence-corrected chi connectivity index (χ1v) is 8.20. The van der Waals surface area contributed by atoms with Crippen molar-refractivity contribution in [2.45, 2.75) is 12.8 Å². The molecule has 0 aromatic heterocycles. The van der Waals surface area contributed by atoms with Gasteiger partial charge in [0.2, 0.25) is 0 Å². The lowest BCUT2D eigenvalue weighted by atomic mass is 9.90. The lowest BCUT2D eigenvalue weighted by molar-refractivity contribution is 0.0786. The molecule has 0 saturated carbocycles. The van der Waals surface area contributed by atoms with Crippen molar-refractivity contribution in [3.05, 3.63) is 59.7 Å². The molecule has 4 heteroatoms. The molecule has 1 fully saturated rings. The van der Waals surface area contributed by atoms with Crippen molar-refractivity contribution in [3.63, 3.8) is 0 Å². The Hall–Kier alpha value is -2.49. The van der Waals surface area contributed by atoms with E-state index >= 15 is 0 Å². The van der Waals surface area contributed by atoms with Gasteiger partial charge in [-0.05, 0) is 29.7 Å². The van der Waals surface area contributed by atoms with Crippen LogP contribution in [0.1, 0.15) is 28.8 Å². The molecule has 2 atom stereocenters. The van der Waals surface area contributed by atoms with E-state index in [0.29, 0.717) is 28.9 Å². The van der Waals surface area contributed by atoms with Gasteiger partial charge in [-0.3, -0.25) is 4.79 Å². The molecule has 0 N–H and O–H groups in total. The molecule has 24 heavy (non-hydrogen) atoms. The Morgan fingerprint density at radius 2 is 1.71 bits per heavy atom. The highest BCUT2D eigenvalue weighted by molar-refractivity contribution is 5.95. The van der Waals surface area contributed by atoms with Gasteiger partial charge in [-0.2, -0.15) is 0 Å². The van der Waals surface area contributed by atoms with E-state index in [0.717, 1.165) is 13.1 Å². The van der Waals surface area contributed by atoms with Crippen molar-refractivity contribution < 1.29 is 14.3 Å². The second kappa shape index (κ2) is 6.95. The van der Waals surface area contributed by atoms with E-state index in [4.69, 9.17) is 9.47 Å². The monoisotopic (exact) mass is 325 g/mol. The van der Waals surface area contributed by atoms with Crippen molar-refractivity contribution in [1.82, 2.24) is 4.90 Å². The number of amides is 1. The highest BCUT2D eigenvalue weighted by Gasteiger charge is 2.33. The fraction of sp³-hybridized carbons (Fsp3) is 0.350. The Morgan fingerprint density at radius 1 is 1.00 bits per heavy atom. The van der Waals surface area contributed by atoms with Crippen LogP contribution in [-0.4, -0.2) is 38.1 Å². The summed E-state index contributed by atoms with van der Waals surface area (Å²) in [6.07, 6.45) is 0. The maximum Gasteiger partial charge on any atom is 0.254 e. The van der Waals surface area contributed by atoms with E-state index in [2.05, 4.69) is 31.2 Å². The average molecular weight is 325 g/mol. The van der Waals surface area contributed by atoms with Gasteiger partial charge in [0.25, 0.3) is 5.91 Å². The first-order valence-electron chi connectivity index (χ1n) is 8.20. The Labute approximate surface area is 143 Å². The molecule has 1 amide bonds.